The highest BCUT2D eigenvalue weighted by Crippen LogP contribution is 2.15. The molecule has 0 saturated carbocycles. The van der Waals surface area contributed by atoms with E-state index in [1.807, 2.05) is 0 Å². The van der Waals surface area contributed by atoms with E-state index in [1.165, 1.54) is 0 Å². The number of nitrogens with one attached hydrogen (secondary N) is 1. The summed E-state index contributed by atoms with van der Waals surface area (Å²) in [5.41, 5.74) is 1.50. The van der Waals surface area contributed by atoms with Crippen LogP contribution in [0.15, 0.2) is 48.5 Å². The quantitative estimate of drug-likeness (QED) is 0.618. The second-order valence-corrected chi connectivity index (χ2v) is 5.23. The van der Waals surface area contributed by atoms with Crippen molar-refractivity contribution in [2.75, 3.05) is 11.9 Å². The van der Waals surface area contributed by atoms with Crippen molar-refractivity contribution >= 4 is 23.9 Å². The van der Waals surface area contributed by atoms with E-state index in [9.17, 15) is 14.4 Å². The Bertz CT molecular complexity index is 737. The summed E-state index contributed by atoms with van der Waals surface area (Å²) in [4.78, 5) is 34.4. The van der Waals surface area contributed by atoms with Gasteiger partial charge in [0.1, 0.15) is 12.0 Å². The Kier molecular flexibility index (Phi) is 6.28. The Morgan fingerprint density at radius 3 is 2.28 bits per heavy atom. The van der Waals surface area contributed by atoms with Gasteiger partial charge in [-0.3, -0.25) is 9.59 Å². The lowest BCUT2D eigenvalue weighted by Crippen LogP contribution is -2.30. The van der Waals surface area contributed by atoms with Crippen molar-refractivity contribution in [2.45, 2.75) is 20.0 Å². The normalized spacial score (nSPS) is 11.3. The molecule has 1 atom stereocenters. The average Bonchev–Trinajstić information content (AvgIpc) is 2.63. The zero-order valence-electron chi connectivity index (χ0n) is 14.0. The first-order valence-electron chi connectivity index (χ1n) is 7.83. The van der Waals surface area contributed by atoms with Gasteiger partial charge in [-0.2, -0.15) is 0 Å². The van der Waals surface area contributed by atoms with E-state index in [0.717, 1.165) is 6.29 Å². The summed E-state index contributed by atoms with van der Waals surface area (Å²) in [6, 6.07) is 12.9. The Morgan fingerprint density at radius 2 is 1.72 bits per heavy atom. The number of benzene rings is 2. The Morgan fingerprint density at radius 1 is 1.08 bits per heavy atom. The predicted octanol–water partition coefficient (Wildman–Crippen LogP) is 3.08. The van der Waals surface area contributed by atoms with Crippen molar-refractivity contribution in [1.29, 1.82) is 0 Å². The highest BCUT2D eigenvalue weighted by atomic mass is 16.5. The standard InChI is InChI=1S/C19H19NO5/c1-3-24-19(23)15-6-8-16(9-7-15)20-18(22)13(2)25-17-10-4-14(12-21)5-11-17/h4-13H,3H2,1-2H3,(H,20,22). The van der Waals surface area contributed by atoms with Crippen molar-refractivity contribution in [2.24, 2.45) is 0 Å². The third kappa shape index (κ3) is 5.17. The van der Waals surface area contributed by atoms with Gasteiger partial charge in [0.05, 0.1) is 12.2 Å². The van der Waals surface area contributed by atoms with Crippen LogP contribution in [-0.4, -0.2) is 30.9 Å². The maximum Gasteiger partial charge on any atom is 0.338 e. The van der Waals surface area contributed by atoms with Crippen molar-refractivity contribution in [1.82, 2.24) is 0 Å². The van der Waals surface area contributed by atoms with Crippen LogP contribution in [0.2, 0.25) is 0 Å². The molecule has 6 heteroatoms. The fourth-order valence-electron chi connectivity index (χ4n) is 2.03. The van der Waals surface area contributed by atoms with Crippen LogP contribution in [-0.2, 0) is 9.53 Å². The van der Waals surface area contributed by atoms with E-state index in [-0.39, 0.29) is 5.91 Å². The SMILES string of the molecule is CCOC(=O)c1ccc(NC(=O)C(C)Oc2ccc(C=O)cc2)cc1. The predicted molar refractivity (Wildman–Crippen MR) is 92.9 cm³/mol. The lowest BCUT2D eigenvalue weighted by atomic mass is 10.2. The molecule has 0 saturated heterocycles. The first-order chi connectivity index (χ1) is 12.0. The largest absolute Gasteiger partial charge is 0.481 e. The second kappa shape index (κ2) is 8.63. The van der Waals surface area contributed by atoms with Crippen LogP contribution in [0.4, 0.5) is 5.69 Å². The fraction of sp³-hybridized carbons (Fsp3) is 0.211. The number of aldehydes is 1. The molecule has 0 heterocycles. The maximum atomic E-state index is 12.2. The first kappa shape index (κ1) is 18.2. The molecular formula is C19H19NO5. The molecule has 2 rings (SSSR count). The van der Waals surface area contributed by atoms with Gasteiger partial charge >= 0.3 is 5.97 Å². The van der Waals surface area contributed by atoms with Crippen LogP contribution >= 0.6 is 0 Å². The molecule has 0 aromatic heterocycles. The molecule has 1 unspecified atom stereocenters. The zero-order chi connectivity index (χ0) is 18.2. The van der Waals surface area contributed by atoms with E-state index in [1.54, 1.807) is 62.4 Å². The van der Waals surface area contributed by atoms with Crippen molar-refractivity contribution in [3.63, 3.8) is 0 Å². The zero-order valence-corrected chi connectivity index (χ0v) is 14.0. The molecule has 0 aliphatic carbocycles. The van der Waals surface area contributed by atoms with E-state index in [4.69, 9.17) is 9.47 Å². The number of amides is 1. The third-order valence-electron chi connectivity index (χ3n) is 3.36. The molecular weight excluding hydrogens is 322 g/mol. The number of hydrogen-bond acceptors (Lipinski definition) is 5. The highest BCUT2D eigenvalue weighted by Gasteiger charge is 2.15. The van der Waals surface area contributed by atoms with Crippen molar-refractivity contribution in [3.8, 4) is 5.75 Å². The minimum Gasteiger partial charge on any atom is -0.481 e. The first-order valence-corrected chi connectivity index (χ1v) is 7.83. The summed E-state index contributed by atoms with van der Waals surface area (Å²) in [7, 11) is 0. The summed E-state index contributed by atoms with van der Waals surface area (Å²) >= 11 is 0. The van der Waals surface area contributed by atoms with Gasteiger partial charge in [-0.05, 0) is 62.4 Å². The highest BCUT2D eigenvalue weighted by molar-refractivity contribution is 5.95. The molecule has 130 valence electrons. The van der Waals surface area contributed by atoms with Crippen LogP contribution < -0.4 is 10.1 Å². The van der Waals surface area contributed by atoms with Crippen LogP contribution in [0, 0.1) is 0 Å². The Hall–Kier alpha value is -3.15. The van der Waals surface area contributed by atoms with Gasteiger partial charge in [-0.25, -0.2) is 4.79 Å². The summed E-state index contributed by atoms with van der Waals surface area (Å²) in [6.45, 7) is 3.66. The smallest absolute Gasteiger partial charge is 0.338 e. The summed E-state index contributed by atoms with van der Waals surface area (Å²) in [5, 5.41) is 2.71. The third-order valence-corrected chi connectivity index (χ3v) is 3.36. The van der Waals surface area contributed by atoms with Gasteiger partial charge in [0.2, 0.25) is 0 Å². The average molecular weight is 341 g/mol. The van der Waals surface area contributed by atoms with Gasteiger partial charge in [-0.15, -0.1) is 0 Å². The molecule has 25 heavy (non-hydrogen) atoms. The van der Waals surface area contributed by atoms with Crippen LogP contribution in [0.3, 0.4) is 0 Å². The second-order valence-electron chi connectivity index (χ2n) is 5.23. The molecule has 0 aliphatic rings. The number of esters is 1. The van der Waals surface area contributed by atoms with Gasteiger partial charge in [0.15, 0.2) is 6.10 Å². The maximum absolute atomic E-state index is 12.2. The minimum absolute atomic E-state index is 0.306. The van der Waals surface area contributed by atoms with Gasteiger partial charge < -0.3 is 14.8 Å². The van der Waals surface area contributed by atoms with Crippen LogP contribution in [0.5, 0.6) is 5.75 Å². The molecule has 0 radical (unpaired) electrons. The van der Waals surface area contributed by atoms with Gasteiger partial charge in [-0.1, -0.05) is 0 Å². The molecule has 0 aliphatic heterocycles. The van der Waals surface area contributed by atoms with Gasteiger partial charge in [0.25, 0.3) is 5.91 Å². The number of hydrogen-bond donors (Lipinski definition) is 1. The van der Waals surface area contributed by atoms with E-state index in [0.29, 0.717) is 29.2 Å². The number of ether oxygens (including phenoxy) is 2. The van der Waals surface area contributed by atoms with E-state index in [2.05, 4.69) is 5.32 Å². The monoisotopic (exact) mass is 341 g/mol. The van der Waals surface area contributed by atoms with E-state index < -0.39 is 12.1 Å². The van der Waals surface area contributed by atoms with Gasteiger partial charge in [0, 0.05) is 11.3 Å². The van der Waals surface area contributed by atoms with Crippen LogP contribution in [0.1, 0.15) is 34.6 Å². The topological polar surface area (TPSA) is 81.7 Å². The minimum atomic E-state index is -0.730. The molecule has 6 nitrogen and oxygen atoms in total. The number of rotatable bonds is 7. The van der Waals surface area contributed by atoms with E-state index >= 15 is 0 Å². The number of anilines is 1. The summed E-state index contributed by atoms with van der Waals surface area (Å²) < 4.78 is 10.4. The number of carbonyl (C=O) groups is 3. The molecule has 0 bridgehead atoms. The van der Waals surface area contributed by atoms with Crippen molar-refractivity contribution in [3.05, 3.63) is 59.7 Å². The molecule has 0 spiro atoms. The molecule has 1 N–H and O–H groups in total. The fourth-order valence-corrected chi connectivity index (χ4v) is 2.03. The van der Waals surface area contributed by atoms with Crippen LogP contribution in [0.25, 0.3) is 0 Å². The summed E-state index contributed by atoms with van der Waals surface area (Å²) in [5.74, 6) is -0.245. The lowest BCUT2D eigenvalue weighted by Gasteiger charge is -2.15. The molecule has 0 fully saturated rings. The molecule has 2 aromatic carbocycles. The lowest BCUT2D eigenvalue weighted by molar-refractivity contribution is -0.122. The molecule has 2 aromatic rings. The summed E-state index contributed by atoms with van der Waals surface area (Å²) in [6.07, 6.45) is 0.00618. The number of carbonyl (C=O) groups excluding carboxylic acids is 3. The Balaban J connectivity index is 1.93. The molecule has 1 amide bonds. The Labute approximate surface area is 145 Å². The van der Waals surface area contributed by atoms with Crippen molar-refractivity contribution < 1.29 is 23.9 Å².